The van der Waals surface area contributed by atoms with Gasteiger partial charge in [-0.3, -0.25) is 4.79 Å². The number of hydrogen-bond acceptors (Lipinski definition) is 3. The molecule has 1 fully saturated rings. The number of ether oxygens (including phenoxy) is 2. The standard InChI is InChI=1S/C21H28O3.C6H10.C6H12.C3H8.C2H6/c1-13(7-10-18(16(4)22)17-8-9-17)11-19-15(3)21(24-6)14(2)12-20(19)23-5;1-4-5-6(2)3;1-4-6(3)5-2;1-3-2;1-2/h7,10,12,17H,8-9,11H2,1-6H3;4-5H,2H2,1,3H3;4H,5H2,1-3H3;3H2,1-2H3;1-2H3/b13-7+,18-10-;5-4+;6-4+;;. The van der Waals surface area contributed by atoms with Crippen molar-refractivity contribution < 1.29 is 14.3 Å². The lowest BCUT2D eigenvalue weighted by atomic mass is 9.96. The summed E-state index contributed by atoms with van der Waals surface area (Å²) in [5.74, 6) is 2.46. The lowest BCUT2D eigenvalue weighted by Crippen LogP contribution is -2.02. The molecule has 1 aromatic carbocycles. The van der Waals surface area contributed by atoms with Crippen LogP contribution in [0.15, 0.2) is 65.3 Å². The van der Waals surface area contributed by atoms with Crippen molar-refractivity contribution >= 4 is 5.78 Å². The van der Waals surface area contributed by atoms with Crippen LogP contribution in [0.4, 0.5) is 0 Å². The number of allylic oxidation sites excluding steroid dienone is 9. The van der Waals surface area contributed by atoms with E-state index in [1.807, 2.05) is 58.9 Å². The molecule has 0 N–H and O–H groups in total. The van der Waals surface area contributed by atoms with Gasteiger partial charge in [-0.2, -0.15) is 0 Å². The first-order chi connectivity index (χ1) is 19.4. The van der Waals surface area contributed by atoms with Crippen LogP contribution in [-0.4, -0.2) is 20.0 Å². The van der Waals surface area contributed by atoms with Gasteiger partial charge in [0.25, 0.3) is 0 Å². The van der Waals surface area contributed by atoms with Gasteiger partial charge < -0.3 is 9.47 Å². The van der Waals surface area contributed by atoms with Crippen LogP contribution < -0.4 is 9.47 Å². The fraction of sp³-hybridized carbons (Fsp3) is 0.553. The predicted octanol–water partition coefficient (Wildman–Crippen LogP) is 11.7. The van der Waals surface area contributed by atoms with Gasteiger partial charge in [0.1, 0.15) is 11.5 Å². The zero-order valence-electron chi connectivity index (χ0n) is 29.5. The van der Waals surface area contributed by atoms with E-state index in [9.17, 15) is 4.79 Å². The highest BCUT2D eigenvalue weighted by Gasteiger charge is 2.27. The van der Waals surface area contributed by atoms with Crippen LogP contribution in [0.1, 0.15) is 119 Å². The molecule has 0 bridgehead atoms. The Morgan fingerprint density at radius 2 is 1.49 bits per heavy atom. The molecule has 41 heavy (non-hydrogen) atoms. The van der Waals surface area contributed by atoms with Crippen molar-refractivity contribution in [3.05, 3.63) is 82.0 Å². The molecule has 1 saturated carbocycles. The van der Waals surface area contributed by atoms with E-state index in [2.05, 4.69) is 67.2 Å². The van der Waals surface area contributed by atoms with Crippen molar-refractivity contribution in [3.63, 3.8) is 0 Å². The molecule has 1 aliphatic carbocycles. The first kappa shape index (κ1) is 42.7. The van der Waals surface area contributed by atoms with Gasteiger partial charge in [-0.15, -0.1) is 0 Å². The van der Waals surface area contributed by atoms with Crippen LogP contribution in [0.5, 0.6) is 11.5 Å². The summed E-state index contributed by atoms with van der Waals surface area (Å²) in [5.41, 5.74) is 8.05. The van der Waals surface area contributed by atoms with Crippen LogP contribution in [0, 0.1) is 19.8 Å². The van der Waals surface area contributed by atoms with Crippen molar-refractivity contribution in [3.8, 4) is 11.5 Å². The van der Waals surface area contributed by atoms with Crippen LogP contribution in [0.25, 0.3) is 0 Å². The SMILES string of the molecule is C/C=C(\C)CC.C=C(C)/C=C/C.CC.CCC.COc1cc(C)c(OC)c(C)c1C/C(C)=C/C=C(/C(C)=O)C1CC1. The molecule has 3 nitrogen and oxygen atoms in total. The quantitative estimate of drug-likeness (QED) is 0.169. The summed E-state index contributed by atoms with van der Waals surface area (Å²) in [6, 6.07) is 2.02. The Hall–Kier alpha value is -2.81. The van der Waals surface area contributed by atoms with Gasteiger partial charge in [0.2, 0.25) is 0 Å². The molecular weight excluding hydrogens is 504 g/mol. The second-order valence-corrected chi connectivity index (χ2v) is 10.2. The summed E-state index contributed by atoms with van der Waals surface area (Å²) in [4.78, 5) is 11.7. The Balaban J connectivity index is -0.000000697. The number of ketones is 1. The van der Waals surface area contributed by atoms with Gasteiger partial charge in [0, 0.05) is 5.56 Å². The summed E-state index contributed by atoms with van der Waals surface area (Å²) < 4.78 is 11.1. The number of carbonyl (C=O) groups excluding carboxylic acids is 1. The average Bonchev–Trinajstić information content (AvgIpc) is 3.77. The number of rotatable bonds is 9. The molecule has 234 valence electrons. The molecule has 0 spiro atoms. The van der Waals surface area contributed by atoms with Gasteiger partial charge in [-0.25, -0.2) is 0 Å². The summed E-state index contributed by atoms with van der Waals surface area (Å²) in [6.45, 7) is 30.1. The topological polar surface area (TPSA) is 35.5 Å². The fourth-order valence-corrected chi connectivity index (χ4v) is 3.68. The zero-order chi connectivity index (χ0) is 32.5. The first-order valence-electron chi connectivity index (χ1n) is 15.4. The van der Waals surface area contributed by atoms with Crippen LogP contribution in [-0.2, 0) is 11.2 Å². The van der Waals surface area contributed by atoms with Crippen LogP contribution >= 0.6 is 0 Å². The molecule has 0 aromatic heterocycles. The average molecular weight is 569 g/mol. The van der Waals surface area contributed by atoms with Crippen molar-refractivity contribution in [2.45, 2.75) is 122 Å². The summed E-state index contributed by atoms with van der Waals surface area (Å²) in [6.07, 6.45) is 15.7. The summed E-state index contributed by atoms with van der Waals surface area (Å²) >= 11 is 0. The minimum atomic E-state index is 0.187. The summed E-state index contributed by atoms with van der Waals surface area (Å²) in [7, 11) is 3.40. The lowest BCUT2D eigenvalue weighted by Gasteiger charge is -2.17. The van der Waals surface area contributed by atoms with E-state index in [0.29, 0.717) is 5.92 Å². The zero-order valence-corrected chi connectivity index (χ0v) is 29.5. The maximum absolute atomic E-state index is 11.7. The van der Waals surface area contributed by atoms with Gasteiger partial charge in [0.05, 0.1) is 14.2 Å². The Morgan fingerprint density at radius 1 is 0.951 bits per heavy atom. The Kier molecular flexibility index (Phi) is 27.2. The monoisotopic (exact) mass is 568 g/mol. The van der Waals surface area contributed by atoms with Gasteiger partial charge in [0.15, 0.2) is 5.78 Å². The third-order valence-electron chi connectivity index (χ3n) is 6.15. The minimum absolute atomic E-state index is 0.187. The minimum Gasteiger partial charge on any atom is -0.496 e. The predicted molar refractivity (Wildman–Crippen MR) is 185 cm³/mol. The van der Waals surface area contributed by atoms with Gasteiger partial charge in [-0.05, 0) is 110 Å². The second kappa shape index (κ2) is 26.1. The maximum Gasteiger partial charge on any atom is 0.156 e. The molecular formula is C38H64O3. The third kappa shape index (κ3) is 19.8. The molecule has 3 heteroatoms. The molecule has 0 amide bonds. The van der Waals surface area contributed by atoms with E-state index in [4.69, 9.17) is 9.47 Å². The lowest BCUT2D eigenvalue weighted by molar-refractivity contribution is -0.113. The number of carbonyl (C=O) groups is 1. The van der Waals surface area contributed by atoms with E-state index >= 15 is 0 Å². The first-order valence-corrected chi connectivity index (χ1v) is 15.4. The van der Waals surface area contributed by atoms with E-state index in [1.54, 1.807) is 21.1 Å². The molecule has 1 aliphatic rings. The number of methoxy groups -OCH3 is 2. The number of hydrogen-bond donors (Lipinski definition) is 0. The van der Waals surface area contributed by atoms with Crippen LogP contribution in [0.3, 0.4) is 0 Å². The fourth-order valence-electron chi connectivity index (χ4n) is 3.68. The van der Waals surface area contributed by atoms with Gasteiger partial charge in [-0.1, -0.05) is 94.7 Å². The smallest absolute Gasteiger partial charge is 0.156 e. The highest BCUT2D eigenvalue weighted by Crippen LogP contribution is 2.37. The van der Waals surface area contributed by atoms with Crippen molar-refractivity contribution in [2.75, 3.05) is 14.2 Å². The Labute approximate surface area is 255 Å². The highest BCUT2D eigenvalue weighted by molar-refractivity contribution is 5.94. The van der Waals surface area contributed by atoms with Crippen molar-refractivity contribution in [2.24, 2.45) is 5.92 Å². The maximum atomic E-state index is 11.7. The van der Waals surface area contributed by atoms with Crippen LogP contribution in [0.2, 0.25) is 0 Å². The number of Topliss-reactive ketones (excluding diaryl/α,β-unsaturated/α-hetero) is 1. The van der Waals surface area contributed by atoms with Gasteiger partial charge >= 0.3 is 0 Å². The summed E-state index contributed by atoms with van der Waals surface area (Å²) in [5, 5.41) is 0. The molecule has 0 aliphatic heterocycles. The van der Waals surface area contributed by atoms with E-state index in [-0.39, 0.29) is 5.78 Å². The molecule has 0 saturated heterocycles. The molecule has 0 unspecified atom stereocenters. The molecule has 1 aromatic rings. The molecule has 0 atom stereocenters. The normalized spacial score (nSPS) is 12.8. The largest absolute Gasteiger partial charge is 0.496 e. The number of aryl methyl sites for hydroxylation is 1. The highest BCUT2D eigenvalue weighted by atomic mass is 16.5. The molecule has 2 rings (SSSR count). The van der Waals surface area contributed by atoms with Crippen molar-refractivity contribution in [1.29, 1.82) is 0 Å². The van der Waals surface area contributed by atoms with E-state index in [1.165, 1.54) is 24.0 Å². The molecule has 0 radical (unpaired) electrons. The Morgan fingerprint density at radius 3 is 1.78 bits per heavy atom. The Bertz CT molecular complexity index is 999. The van der Waals surface area contributed by atoms with Crippen molar-refractivity contribution in [1.82, 2.24) is 0 Å². The third-order valence-corrected chi connectivity index (χ3v) is 6.15. The second-order valence-electron chi connectivity index (χ2n) is 10.2. The van der Waals surface area contributed by atoms with E-state index < -0.39 is 0 Å². The molecule has 0 heterocycles. The van der Waals surface area contributed by atoms with E-state index in [0.717, 1.165) is 58.6 Å². The number of benzene rings is 1.